The Morgan fingerprint density at radius 2 is 1.17 bits per heavy atom. The lowest BCUT2D eigenvalue weighted by atomic mass is 9.99. The molecule has 4 heteroatoms. The Morgan fingerprint density at radius 1 is 0.743 bits per heavy atom. The zero-order chi connectivity index (χ0) is 26.0. The minimum absolute atomic E-state index is 0.844. The zero-order valence-electron chi connectivity index (χ0n) is 24.1. The first-order valence-corrected chi connectivity index (χ1v) is 15.3. The van der Waals surface area contributed by atoms with Crippen molar-refractivity contribution in [3.8, 4) is 0 Å². The number of carbonyl (C=O) groups excluding carboxylic acids is 1. The Kier molecular flexibility index (Phi) is 24.8. The van der Waals surface area contributed by atoms with Crippen molar-refractivity contribution in [3.63, 3.8) is 0 Å². The summed E-state index contributed by atoms with van der Waals surface area (Å²) in [6, 6.07) is 0. The first-order valence-electron chi connectivity index (χ1n) is 15.3. The summed E-state index contributed by atoms with van der Waals surface area (Å²) in [5.74, 6) is -0.239. The van der Waals surface area contributed by atoms with E-state index < -0.39 is 5.97 Å². The predicted molar refractivity (Wildman–Crippen MR) is 148 cm³/mol. The molecule has 0 aliphatic heterocycles. The molecule has 35 heavy (non-hydrogen) atoms. The van der Waals surface area contributed by atoms with Crippen LogP contribution in [0.2, 0.25) is 0 Å². The van der Waals surface area contributed by atoms with E-state index in [-0.39, 0.29) is 0 Å². The average molecular weight is 493 g/mol. The zero-order valence-corrected chi connectivity index (χ0v) is 24.1. The maximum absolute atomic E-state index is 8.89. The van der Waals surface area contributed by atoms with Crippen LogP contribution in [-0.2, 0) is 17.9 Å². The van der Waals surface area contributed by atoms with Crippen LogP contribution in [0.5, 0.6) is 0 Å². The third-order valence-electron chi connectivity index (χ3n) is 7.03. The first kappa shape index (κ1) is 33.7. The fourth-order valence-electron chi connectivity index (χ4n) is 4.74. The van der Waals surface area contributed by atoms with Crippen LogP contribution in [0, 0.1) is 5.92 Å². The lowest BCUT2D eigenvalue weighted by Gasteiger charge is -2.11. The van der Waals surface area contributed by atoms with Crippen molar-refractivity contribution in [1.82, 2.24) is 4.57 Å². The molecule has 1 atom stereocenters. The van der Waals surface area contributed by atoms with Gasteiger partial charge in [-0.25, -0.2) is 9.13 Å². The van der Waals surface area contributed by atoms with Crippen LogP contribution in [0.1, 0.15) is 156 Å². The van der Waals surface area contributed by atoms with E-state index >= 15 is 0 Å². The Labute approximate surface area is 218 Å². The molecule has 1 aromatic heterocycles. The number of carboxylic acids is 1. The van der Waals surface area contributed by atoms with Gasteiger partial charge in [0.1, 0.15) is 12.4 Å². The molecule has 4 nitrogen and oxygen atoms in total. The molecule has 1 rings (SSSR count). The molecular weight excluding hydrogens is 432 g/mol. The van der Waals surface area contributed by atoms with Crippen molar-refractivity contribution < 1.29 is 14.5 Å². The van der Waals surface area contributed by atoms with E-state index in [1.807, 2.05) is 0 Å². The number of carboxylic acid groups (broad SMARTS) is 1. The number of carbonyl (C=O) groups is 1. The van der Waals surface area contributed by atoms with Crippen molar-refractivity contribution in [2.45, 2.75) is 169 Å². The topological polar surface area (TPSA) is 48.9 Å². The molecule has 0 aromatic carbocycles. The van der Waals surface area contributed by atoms with Crippen molar-refractivity contribution in [3.05, 3.63) is 18.7 Å². The second kappa shape index (κ2) is 25.8. The van der Waals surface area contributed by atoms with Crippen LogP contribution in [0.15, 0.2) is 18.7 Å². The van der Waals surface area contributed by atoms with Gasteiger partial charge in [-0.05, 0) is 38.5 Å². The maximum Gasteiger partial charge on any atom is 0.243 e. The van der Waals surface area contributed by atoms with E-state index in [2.05, 4.69) is 48.6 Å². The van der Waals surface area contributed by atoms with Crippen molar-refractivity contribution in [2.75, 3.05) is 0 Å². The normalized spacial score (nSPS) is 11.8. The number of imidazole rings is 1. The lowest BCUT2D eigenvalue weighted by molar-refractivity contribution is -0.697. The van der Waals surface area contributed by atoms with Crippen LogP contribution in [-0.4, -0.2) is 10.5 Å². The van der Waals surface area contributed by atoms with E-state index in [0.29, 0.717) is 0 Å². The Bertz CT molecular complexity index is 566. The van der Waals surface area contributed by atoms with Crippen molar-refractivity contribution in [1.29, 1.82) is 0 Å². The van der Waals surface area contributed by atoms with Gasteiger partial charge >= 0.3 is 0 Å². The Morgan fingerprint density at radius 3 is 1.60 bits per heavy atom. The fraction of sp³-hybridized carbons (Fsp3) is 0.871. The lowest BCUT2D eigenvalue weighted by Crippen LogP contribution is -2.31. The molecule has 1 heterocycles. The van der Waals surface area contributed by atoms with Gasteiger partial charge in [-0.3, -0.25) is 0 Å². The number of aromatic nitrogens is 2. The molecule has 0 saturated carbocycles. The first-order chi connectivity index (χ1) is 17.0. The monoisotopic (exact) mass is 492 g/mol. The van der Waals surface area contributed by atoms with Crippen LogP contribution in [0.4, 0.5) is 0 Å². The summed E-state index contributed by atoms with van der Waals surface area (Å²) in [4.78, 5) is 8.89. The quantitative estimate of drug-likeness (QED) is 0.115. The molecule has 0 spiro atoms. The summed E-state index contributed by atoms with van der Waals surface area (Å²) < 4.78 is 4.81. The molecule has 1 unspecified atom stereocenters. The van der Waals surface area contributed by atoms with Crippen LogP contribution in [0.3, 0.4) is 0 Å². The summed E-state index contributed by atoms with van der Waals surface area (Å²) >= 11 is 0. The van der Waals surface area contributed by atoms with E-state index in [4.69, 9.17) is 9.90 Å². The smallest absolute Gasteiger partial charge is 0.243 e. The molecule has 0 aliphatic carbocycles. The third-order valence-corrected chi connectivity index (χ3v) is 7.03. The Balaban J connectivity index is 0.00000267. The van der Waals surface area contributed by atoms with Crippen LogP contribution < -0.4 is 9.67 Å². The second-order valence-corrected chi connectivity index (χ2v) is 10.6. The number of hydrogen-bond acceptors (Lipinski definition) is 2. The van der Waals surface area contributed by atoms with Gasteiger partial charge in [0.05, 0.1) is 13.1 Å². The molecule has 0 saturated heterocycles. The highest BCUT2D eigenvalue weighted by atomic mass is 16.4. The third kappa shape index (κ3) is 24.2. The standard InChI is InChI=1S/C29H57N2.C2H4O2/c1-4-7-9-10-11-12-13-14-15-16-17-18-19-20-21-22-24-30-25-26-31(28-30)27-29(6-3)23-8-5-2;1-2(3)4/h25-26,28-29H,4-24,27H2,1-3H3;1H3,(H,3,4)/q+1;/p-1. The molecule has 0 N–H and O–H groups in total. The van der Waals surface area contributed by atoms with Crippen LogP contribution in [0.25, 0.3) is 0 Å². The van der Waals surface area contributed by atoms with E-state index in [0.717, 1.165) is 12.8 Å². The molecule has 0 amide bonds. The SMILES string of the molecule is CC(=O)[O-].CCCCCCCCCCCCCCCCCC[n+]1ccn(CC(CC)CCCC)c1. The molecule has 0 fully saturated rings. The fourth-order valence-corrected chi connectivity index (χ4v) is 4.74. The highest BCUT2D eigenvalue weighted by Gasteiger charge is 2.11. The molecular formula is C31H60N2O2. The largest absolute Gasteiger partial charge is 0.550 e. The summed E-state index contributed by atoms with van der Waals surface area (Å²) in [6.07, 6.45) is 35.3. The maximum atomic E-state index is 8.89. The van der Waals surface area contributed by atoms with Gasteiger partial charge in [0, 0.05) is 5.97 Å². The molecule has 206 valence electrons. The number of unbranched alkanes of at least 4 members (excludes halogenated alkanes) is 16. The molecule has 1 aromatic rings. The predicted octanol–water partition coefficient (Wildman–Crippen LogP) is 8.01. The van der Waals surface area contributed by atoms with E-state index in [1.165, 1.54) is 142 Å². The number of nitrogens with zero attached hydrogens (tertiary/aromatic N) is 2. The van der Waals surface area contributed by atoms with Gasteiger partial charge in [0.25, 0.3) is 0 Å². The Hall–Kier alpha value is -1.32. The second-order valence-electron chi connectivity index (χ2n) is 10.6. The summed E-state index contributed by atoms with van der Waals surface area (Å²) in [5.41, 5.74) is 0. The van der Waals surface area contributed by atoms with Gasteiger partial charge < -0.3 is 9.90 Å². The number of aliphatic carboxylic acids is 1. The van der Waals surface area contributed by atoms with Gasteiger partial charge in [-0.1, -0.05) is 124 Å². The highest BCUT2D eigenvalue weighted by molar-refractivity contribution is 5.60. The van der Waals surface area contributed by atoms with Gasteiger partial charge in [-0.15, -0.1) is 0 Å². The minimum Gasteiger partial charge on any atom is -0.550 e. The van der Waals surface area contributed by atoms with E-state index in [9.17, 15) is 0 Å². The minimum atomic E-state index is -1.08. The molecule has 0 radical (unpaired) electrons. The van der Waals surface area contributed by atoms with Crippen molar-refractivity contribution >= 4 is 5.97 Å². The summed E-state index contributed by atoms with van der Waals surface area (Å²) in [7, 11) is 0. The number of aryl methyl sites for hydroxylation is 1. The van der Waals surface area contributed by atoms with Crippen molar-refractivity contribution in [2.24, 2.45) is 5.92 Å². The number of hydrogen-bond donors (Lipinski definition) is 0. The summed E-state index contributed by atoms with van der Waals surface area (Å²) in [6.45, 7) is 10.3. The van der Waals surface area contributed by atoms with E-state index in [1.54, 1.807) is 0 Å². The number of rotatable bonds is 23. The molecule has 0 aliphatic rings. The summed E-state index contributed by atoms with van der Waals surface area (Å²) in [5, 5.41) is 8.89. The van der Waals surface area contributed by atoms with Gasteiger partial charge in [0.15, 0.2) is 0 Å². The van der Waals surface area contributed by atoms with Gasteiger partial charge in [0.2, 0.25) is 6.33 Å². The highest BCUT2D eigenvalue weighted by Crippen LogP contribution is 2.15. The average Bonchev–Trinajstić information content (AvgIpc) is 3.28. The van der Waals surface area contributed by atoms with Crippen LogP contribution >= 0.6 is 0 Å². The molecule has 0 bridgehead atoms. The van der Waals surface area contributed by atoms with Gasteiger partial charge in [-0.2, -0.15) is 0 Å².